The first-order valence-corrected chi connectivity index (χ1v) is 6.00. The minimum absolute atomic E-state index is 0. The molecule has 0 aliphatic rings. The van der Waals surface area contributed by atoms with Gasteiger partial charge in [0.05, 0.1) is 0 Å². The Bertz CT molecular complexity index is 346. The van der Waals surface area contributed by atoms with Crippen molar-refractivity contribution in [2.45, 2.75) is 0 Å². The van der Waals surface area contributed by atoms with Crippen LogP contribution in [0.4, 0.5) is 4.70 Å². The predicted octanol–water partition coefficient (Wildman–Crippen LogP) is -3.87. The van der Waals surface area contributed by atoms with Gasteiger partial charge in [0.1, 0.15) is 0 Å². The molecule has 0 aliphatic heterocycles. The van der Waals surface area contributed by atoms with Gasteiger partial charge in [0.2, 0.25) is 0 Å². The molecule has 114 valence electrons. The topological polar surface area (TPSA) is 241 Å². The third-order valence-electron chi connectivity index (χ3n) is 0. The Morgan fingerprint density at radius 1 is 0.444 bits per heavy atom. The van der Waals surface area contributed by atoms with Crippen LogP contribution in [0.25, 0.3) is 0 Å². The van der Waals surface area contributed by atoms with Gasteiger partial charge >= 0.3 is 34.1 Å². The Labute approximate surface area is 122 Å². The van der Waals surface area contributed by atoms with Gasteiger partial charge in [-0.25, -0.2) is 0 Å². The van der Waals surface area contributed by atoms with Crippen molar-refractivity contribution in [3.8, 4) is 0 Å². The second kappa shape index (κ2) is 14.0. The summed E-state index contributed by atoms with van der Waals surface area (Å²) >= 11 is 0. The number of halogens is 1. The fourth-order valence-electron chi connectivity index (χ4n) is 0. The van der Waals surface area contributed by atoms with E-state index in [0.717, 1.165) is 0 Å². The summed E-state index contributed by atoms with van der Waals surface area (Å²) in [7, 11) is -15.5. The molecule has 0 aromatic carbocycles. The van der Waals surface area contributed by atoms with Gasteiger partial charge in [0.15, 0.2) is 0 Å². The molecular weight excluding hydrogens is 419 g/mol. The molecule has 18 heavy (non-hydrogen) atoms. The normalized spacial score (nSPS) is 9.67. The fraction of sp³-hybridized carbons (Fsp3) is 0. The first-order chi connectivity index (χ1) is 6.00. The SMILES string of the molecule is F.O=S(=O)([O-])[O-].O=S(=O)([O-])[O-].O=S(=O)([O-])[O-].[Fe+3].[Fe+3]. The van der Waals surface area contributed by atoms with Crippen LogP contribution in [0.5, 0.6) is 0 Å². The van der Waals surface area contributed by atoms with Crippen LogP contribution in [0.3, 0.4) is 0 Å². The van der Waals surface area contributed by atoms with Crippen molar-refractivity contribution >= 4 is 31.2 Å². The smallest absolute Gasteiger partial charge is 0.759 e. The van der Waals surface area contributed by atoms with Crippen LogP contribution in [-0.2, 0) is 65.3 Å². The van der Waals surface area contributed by atoms with Crippen LogP contribution in [-0.4, -0.2) is 52.6 Å². The van der Waals surface area contributed by atoms with E-state index in [4.69, 9.17) is 52.6 Å². The first kappa shape index (κ1) is 36.3. The predicted molar refractivity (Wildman–Crippen MR) is 33.9 cm³/mol. The van der Waals surface area contributed by atoms with E-state index in [9.17, 15) is 0 Å². The number of hydrogen-bond donors (Lipinski definition) is 0. The molecule has 0 spiro atoms. The summed E-state index contributed by atoms with van der Waals surface area (Å²) in [6.45, 7) is 0. The van der Waals surface area contributed by atoms with Crippen LogP contribution < -0.4 is 0 Å². The third-order valence-corrected chi connectivity index (χ3v) is 0. The maximum absolute atomic E-state index is 8.52. The zero-order valence-corrected chi connectivity index (χ0v) is 11.9. The van der Waals surface area contributed by atoms with Crippen LogP contribution in [0.1, 0.15) is 0 Å². The van der Waals surface area contributed by atoms with Gasteiger partial charge in [-0.05, 0) is 0 Å². The molecule has 0 heterocycles. The van der Waals surface area contributed by atoms with Crippen molar-refractivity contribution in [3.05, 3.63) is 0 Å². The standard InChI is InChI=1S/FH.2Fe.3H2O4S/c;;;3*1-5(2,3)4/h1H;;;3*(H2,1,2,3,4)/q;2*+3;;;/p-6. The van der Waals surface area contributed by atoms with Crippen molar-refractivity contribution in [2.75, 3.05) is 0 Å². The largest absolute Gasteiger partial charge is 3.00 e. The summed E-state index contributed by atoms with van der Waals surface area (Å²) in [5, 5.41) is 0. The fourth-order valence-corrected chi connectivity index (χ4v) is 0. The maximum atomic E-state index is 8.52. The molecule has 0 unspecified atom stereocenters. The molecule has 18 heteroatoms. The average molecular weight is 420 g/mol. The molecular formula is HFFe2O12S3. The Hall–Kier alpha value is 0.579. The van der Waals surface area contributed by atoms with Crippen molar-refractivity contribution in [1.82, 2.24) is 0 Å². The van der Waals surface area contributed by atoms with E-state index in [1.807, 2.05) is 0 Å². The van der Waals surface area contributed by atoms with Gasteiger partial charge in [-0.3, -0.25) is 30.0 Å². The van der Waals surface area contributed by atoms with Crippen LogP contribution in [0, 0.1) is 0 Å². The second-order valence-corrected chi connectivity index (χ2v) is 3.67. The summed E-state index contributed by atoms with van der Waals surface area (Å²) in [5.41, 5.74) is 0. The van der Waals surface area contributed by atoms with Crippen molar-refractivity contribution in [3.63, 3.8) is 0 Å². The monoisotopic (exact) mass is 420 g/mol. The van der Waals surface area contributed by atoms with Crippen molar-refractivity contribution < 1.29 is 91.4 Å². The van der Waals surface area contributed by atoms with Gasteiger partial charge in [0.25, 0.3) is 0 Å². The Morgan fingerprint density at radius 2 is 0.444 bits per heavy atom. The van der Waals surface area contributed by atoms with Crippen molar-refractivity contribution in [1.29, 1.82) is 0 Å². The van der Waals surface area contributed by atoms with Gasteiger partial charge in [-0.2, -0.15) is 0 Å². The number of hydrogen-bond acceptors (Lipinski definition) is 12. The average Bonchev–Trinajstić information content (AvgIpc) is 1.41. The Kier molecular flexibility index (Phi) is 28.2. The van der Waals surface area contributed by atoms with Gasteiger partial charge in [-0.1, -0.05) is 0 Å². The minimum atomic E-state index is -5.17. The van der Waals surface area contributed by atoms with Crippen LogP contribution >= 0.6 is 0 Å². The molecule has 0 bridgehead atoms. The van der Waals surface area contributed by atoms with E-state index in [1.54, 1.807) is 0 Å². The van der Waals surface area contributed by atoms with E-state index < -0.39 is 31.2 Å². The molecule has 0 amide bonds. The molecule has 0 saturated heterocycles. The summed E-state index contributed by atoms with van der Waals surface area (Å²) in [4.78, 5) is 0. The Balaban J connectivity index is -0.0000000277. The van der Waals surface area contributed by atoms with Crippen LogP contribution in [0.2, 0.25) is 0 Å². The zero-order chi connectivity index (χ0) is 13.5. The van der Waals surface area contributed by atoms with Crippen LogP contribution in [0.15, 0.2) is 0 Å². The third kappa shape index (κ3) is 12000. The molecule has 0 saturated carbocycles. The molecule has 0 fully saturated rings. The molecule has 0 N–H and O–H groups in total. The molecule has 12 nitrogen and oxygen atoms in total. The Morgan fingerprint density at radius 3 is 0.444 bits per heavy atom. The summed E-state index contributed by atoms with van der Waals surface area (Å²) in [6.07, 6.45) is 0. The molecule has 2 radical (unpaired) electrons. The van der Waals surface area contributed by atoms with E-state index in [-0.39, 0.29) is 38.8 Å². The van der Waals surface area contributed by atoms with Gasteiger partial charge in [0, 0.05) is 31.2 Å². The van der Waals surface area contributed by atoms with E-state index >= 15 is 0 Å². The first-order valence-electron chi connectivity index (χ1n) is 2.00. The van der Waals surface area contributed by atoms with Crippen molar-refractivity contribution in [2.24, 2.45) is 0 Å². The molecule has 0 atom stereocenters. The quantitative estimate of drug-likeness (QED) is 0.208. The maximum Gasteiger partial charge on any atom is 3.00 e. The molecule has 0 rings (SSSR count). The van der Waals surface area contributed by atoms with Gasteiger partial charge in [-0.15, -0.1) is 0 Å². The molecule has 0 aliphatic carbocycles. The second-order valence-electron chi connectivity index (χ2n) is 1.22. The van der Waals surface area contributed by atoms with E-state index in [0.29, 0.717) is 0 Å². The summed E-state index contributed by atoms with van der Waals surface area (Å²) in [6, 6.07) is 0. The summed E-state index contributed by atoms with van der Waals surface area (Å²) < 4.78 is 102. The number of rotatable bonds is 0. The zero-order valence-electron chi connectivity index (χ0n) is 7.24. The summed E-state index contributed by atoms with van der Waals surface area (Å²) in [5.74, 6) is 0. The minimum Gasteiger partial charge on any atom is -0.759 e. The van der Waals surface area contributed by atoms with Gasteiger partial charge < -0.3 is 27.3 Å². The molecule has 0 aromatic rings. The van der Waals surface area contributed by atoms with E-state index in [1.165, 1.54) is 0 Å². The van der Waals surface area contributed by atoms with E-state index in [2.05, 4.69) is 0 Å². The molecule has 0 aromatic heterocycles.